The summed E-state index contributed by atoms with van der Waals surface area (Å²) < 4.78 is 17.3. The van der Waals surface area contributed by atoms with E-state index in [1.807, 2.05) is 63.2 Å². The Hall–Kier alpha value is -2.69. The molecule has 0 aliphatic carbocycles. The summed E-state index contributed by atoms with van der Waals surface area (Å²) in [6.45, 7) is 7.77. The van der Waals surface area contributed by atoms with Gasteiger partial charge in [0.15, 0.2) is 6.10 Å². The second-order valence-corrected chi connectivity index (χ2v) is 7.56. The van der Waals surface area contributed by atoms with Crippen LogP contribution in [0.5, 0.6) is 17.2 Å². The van der Waals surface area contributed by atoms with Crippen LogP contribution in [-0.4, -0.2) is 24.7 Å². The summed E-state index contributed by atoms with van der Waals surface area (Å²) in [5.74, 6) is 2.06. The predicted octanol–water partition coefficient (Wildman–Crippen LogP) is 4.19. The molecule has 0 aromatic heterocycles. The first kappa shape index (κ1) is 19.1. The normalized spacial score (nSPS) is 18.6. The maximum Gasteiger partial charge on any atom is 0.261 e. The van der Waals surface area contributed by atoms with Crippen molar-refractivity contribution >= 4 is 5.91 Å². The molecule has 2 aromatic carbocycles. The van der Waals surface area contributed by atoms with Crippen LogP contribution in [0.15, 0.2) is 42.5 Å². The van der Waals surface area contributed by atoms with Crippen molar-refractivity contribution in [3.05, 3.63) is 53.6 Å². The summed E-state index contributed by atoms with van der Waals surface area (Å²) in [6.07, 6.45) is 0.0572. The number of fused-ring (bicyclic) bond motifs is 1. The van der Waals surface area contributed by atoms with E-state index in [-0.39, 0.29) is 17.6 Å². The van der Waals surface area contributed by atoms with Crippen molar-refractivity contribution in [2.24, 2.45) is 0 Å². The Bertz CT molecular complexity index is 831. The Kier molecular flexibility index (Phi) is 5.31. The molecule has 1 aliphatic rings. The van der Waals surface area contributed by atoms with Crippen molar-refractivity contribution in [2.45, 2.75) is 51.9 Å². The molecule has 0 bridgehead atoms. The Labute approximate surface area is 160 Å². The molecular formula is C22H27NO4. The highest BCUT2D eigenvalue weighted by molar-refractivity contribution is 5.81. The molecule has 0 unspecified atom stereocenters. The Balaban J connectivity index is 1.78. The highest BCUT2D eigenvalue weighted by Gasteiger charge is 2.35. The molecule has 2 atom stereocenters. The lowest BCUT2D eigenvalue weighted by Crippen LogP contribution is -2.44. The number of amides is 1. The van der Waals surface area contributed by atoms with Gasteiger partial charge in [0.25, 0.3) is 5.91 Å². The molecule has 5 heteroatoms. The van der Waals surface area contributed by atoms with E-state index >= 15 is 0 Å². The maximum absolute atomic E-state index is 12.8. The number of hydrogen-bond acceptors (Lipinski definition) is 4. The van der Waals surface area contributed by atoms with Crippen LogP contribution in [-0.2, 0) is 4.79 Å². The van der Waals surface area contributed by atoms with Gasteiger partial charge in [-0.25, -0.2) is 0 Å². The van der Waals surface area contributed by atoms with E-state index in [1.165, 1.54) is 0 Å². The average molecular weight is 369 g/mol. The van der Waals surface area contributed by atoms with Crippen molar-refractivity contribution in [2.75, 3.05) is 7.11 Å². The average Bonchev–Trinajstić information content (AvgIpc) is 2.62. The standard InChI is InChI=1S/C22H27NO4/c1-14-8-6-7-9-19(14)26-15(2)21(24)23-18-13-22(3,4)27-20-11-10-16(25-5)12-17(18)20/h6-12,15,18H,13H2,1-5H3,(H,23,24)/t15-,18-/m1/s1. The van der Waals surface area contributed by atoms with E-state index in [4.69, 9.17) is 14.2 Å². The molecule has 1 aliphatic heterocycles. The summed E-state index contributed by atoms with van der Waals surface area (Å²) in [5, 5.41) is 3.12. The number of methoxy groups -OCH3 is 1. The van der Waals surface area contributed by atoms with E-state index < -0.39 is 6.10 Å². The minimum absolute atomic E-state index is 0.158. The second kappa shape index (κ2) is 7.51. The number of hydrogen-bond donors (Lipinski definition) is 1. The molecule has 5 nitrogen and oxygen atoms in total. The van der Waals surface area contributed by atoms with Gasteiger partial charge in [0, 0.05) is 12.0 Å². The minimum Gasteiger partial charge on any atom is -0.497 e. The molecule has 144 valence electrons. The number of nitrogens with one attached hydrogen (secondary N) is 1. The third-order valence-electron chi connectivity index (χ3n) is 4.76. The highest BCUT2D eigenvalue weighted by atomic mass is 16.5. The van der Waals surface area contributed by atoms with Gasteiger partial charge in [-0.1, -0.05) is 18.2 Å². The van der Waals surface area contributed by atoms with Crippen LogP contribution in [0.4, 0.5) is 0 Å². The van der Waals surface area contributed by atoms with E-state index in [0.29, 0.717) is 6.42 Å². The van der Waals surface area contributed by atoms with Crippen LogP contribution in [0, 0.1) is 6.92 Å². The van der Waals surface area contributed by atoms with Gasteiger partial charge >= 0.3 is 0 Å². The summed E-state index contributed by atoms with van der Waals surface area (Å²) >= 11 is 0. The van der Waals surface area contributed by atoms with Crippen LogP contribution in [0.2, 0.25) is 0 Å². The summed E-state index contributed by atoms with van der Waals surface area (Å²) in [7, 11) is 1.63. The summed E-state index contributed by atoms with van der Waals surface area (Å²) in [4.78, 5) is 12.8. The largest absolute Gasteiger partial charge is 0.497 e. The van der Waals surface area contributed by atoms with Crippen LogP contribution in [0.25, 0.3) is 0 Å². The fourth-order valence-electron chi connectivity index (χ4n) is 3.31. The van der Waals surface area contributed by atoms with Crippen molar-refractivity contribution in [1.82, 2.24) is 5.32 Å². The molecular weight excluding hydrogens is 342 g/mol. The number of carbonyl (C=O) groups excluding carboxylic acids is 1. The van der Waals surface area contributed by atoms with Crippen molar-refractivity contribution in [3.8, 4) is 17.2 Å². The minimum atomic E-state index is -0.605. The van der Waals surface area contributed by atoms with Crippen LogP contribution < -0.4 is 19.5 Å². The maximum atomic E-state index is 12.8. The molecule has 1 amide bonds. The first-order chi connectivity index (χ1) is 12.8. The zero-order valence-corrected chi connectivity index (χ0v) is 16.5. The van der Waals surface area contributed by atoms with Gasteiger partial charge in [0.1, 0.15) is 22.8 Å². The molecule has 1 heterocycles. The van der Waals surface area contributed by atoms with E-state index in [0.717, 1.165) is 28.4 Å². The molecule has 0 fully saturated rings. The summed E-state index contributed by atoms with van der Waals surface area (Å²) in [6, 6.07) is 13.2. The van der Waals surface area contributed by atoms with Crippen molar-refractivity contribution < 1.29 is 19.0 Å². The number of carbonyl (C=O) groups is 1. The molecule has 1 N–H and O–H groups in total. The number of benzene rings is 2. The smallest absolute Gasteiger partial charge is 0.261 e. The molecule has 0 radical (unpaired) electrons. The molecule has 0 saturated carbocycles. The first-order valence-electron chi connectivity index (χ1n) is 9.19. The fraction of sp³-hybridized carbons (Fsp3) is 0.409. The van der Waals surface area contributed by atoms with Gasteiger partial charge in [-0.15, -0.1) is 0 Å². The zero-order valence-electron chi connectivity index (χ0n) is 16.5. The fourth-order valence-corrected chi connectivity index (χ4v) is 3.31. The molecule has 0 saturated heterocycles. The Morgan fingerprint density at radius 1 is 1.26 bits per heavy atom. The molecule has 2 aromatic rings. The quantitative estimate of drug-likeness (QED) is 0.859. The number of para-hydroxylation sites is 1. The highest BCUT2D eigenvalue weighted by Crippen LogP contribution is 2.41. The topological polar surface area (TPSA) is 56.8 Å². The van der Waals surface area contributed by atoms with Crippen LogP contribution in [0.1, 0.15) is 44.4 Å². The van der Waals surface area contributed by atoms with E-state index in [2.05, 4.69) is 5.32 Å². The lowest BCUT2D eigenvalue weighted by atomic mass is 9.89. The SMILES string of the molecule is COc1ccc2c(c1)[C@H](NC(=O)[C@@H](C)Oc1ccccc1C)CC(C)(C)O2. The summed E-state index contributed by atoms with van der Waals surface area (Å²) in [5.41, 5.74) is 1.55. The predicted molar refractivity (Wildman–Crippen MR) is 104 cm³/mol. The lowest BCUT2D eigenvalue weighted by molar-refractivity contribution is -0.128. The lowest BCUT2D eigenvalue weighted by Gasteiger charge is -2.38. The van der Waals surface area contributed by atoms with E-state index in [9.17, 15) is 4.79 Å². The number of ether oxygens (including phenoxy) is 3. The molecule has 3 rings (SSSR count). The Morgan fingerprint density at radius 2 is 2.00 bits per heavy atom. The van der Waals surface area contributed by atoms with Crippen molar-refractivity contribution in [1.29, 1.82) is 0 Å². The Morgan fingerprint density at radius 3 is 2.70 bits per heavy atom. The van der Waals surface area contributed by atoms with Gasteiger partial charge in [-0.05, 0) is 57.5 Å². The van der Waals surface area contributed by atoms with Gasteiger partial charge in [-0.3, -0.25) is 4.79 Å². The van der Waals surface area contributed by atoms with Gasteiger partial charge < -0.3 is 19.5 Å². The van der Waals surface area contributed by atoms with Crippen molar-refractivity contribution in [3.63, 3.8) is 0 Å². The first-order valence-corrected chi connectivity index (χ1v) is 9.19. The number of aryl methyl sites for hydroxylation is 1. The molecule has 27 heavy (non-hydrogen) atoms. The van der Waals surface area contributed by atoms with Gasteiger partial charge in [-0.2, -0.15) is 0 Å². The van der Waals surface area contributed by atoms with Crippen LogP contribution >= 0.6 is 0 Å². The van der Waals surface area contributed by atoms with Crippen LogP contribution in [0.3, 0.4) is 0 Å². The van der Waals surface area contributed by atoms with Gasteiger partial charge in [0.2, 0.25) is 0 Å². The zero-order chi connectivity index (χ0) is 19.6. The van der Waals surface area contributed by atoms with Gasteiger partial charge in [0.05, 0.1) is 13.2 Å². The third kappa shape index (κ3) is 4.35. The second-order valence-electron chi connectivity index (χ2n) is 7.56. The molecule has 0 spiro atoms. The number of rotatable bonds is 5. The monoisotopic (exact) mass is 369 g/mol. The third-order valence-corrected chi connectivity index (χ3v) is 4.76. The van der Waals surface area contributed by atoms with E-state index in [1.54, 1.807) is 14.0 Å².